The van der Waals surface area contributed by atoms with Gasteiger partial charge in [-0.25, -0.2) is 4.79 Å². The van der Waals surface area contributed by atoms with Crippen LogP contribution in [-0.2, 0) is 0 Å². The van der Waals surface area contributed by atoms with Gasteiger partial charge in [-0.3, -0.25) is 0 Å². The van der Waals surface area contributed by atoms with Crippen LogP contribution >= 0.6 is 0 Å². The van der Waals surface area contributed by atoms with Crippen LogP contribution in [0.4, 0.5) is 10.5 Å². The highest BCUT2D eigenvalue weighted by molar-refractivity contribution is 5.89. The molecule has 2 unspecified atom stereocenters. The standard InChI is InChI=1S/C13H14N4O/c14-5-8-1-3-9(4-2-8)16-13(18)17-12-10-6-15-7-11(10)12/h1-4,10-12,15H,6-7H2,(H2,16,17,18). The maximum absolute atomic E-state index is 11.7. The van der Waals surface area contributed by atoms with Crippen LogP contribution in [0.25, 0.3) is 0 Å². The van der Waals surface area contributed by atoms with Crippen molar-refractivity contribution in [3.63, 3.8) is 0 Å². The molecular formula is C13H14N4O. The largest absolute Gasteiger partial charge is 0.334 e. The van der Waals surface area contributed by atoms with E-state index < -0.39 is 0 Å². The Labute approximate surface area is 105 Å². The van der Waals surface area contributed by atoms with Gasteiger partial charge in [0.25, 0.3) is 0 Å². The summed E-state index contributed by atoms with van der Waals surface area (Å²) in [6.07, 6.45) is 0. The number of carbonyl (C=O) groups excluding carboxylic acids is 1. The zero-order chi connectivity index (χ0) is 12.5. The summed E-state index contributed by atoms with van der Waals surface area (Å²) in [5, 5.41) is 17.7. The third-order valence-electron chi connectivity index (χ3n) is 3.66. The molecule has 1 aromatic rings. The Morgan fingerprint density at radius 1 is 1.28 bits per heavy atom. The van der Waals surface area contributed by atoms with Gasteiger partial charge in [0.05, 0.1) is 11.6 Å². The third-order valence-corrected chi connectivity index (χ3v) is 3.66. The number of anilines is 1. The highest BCUT2D eigenvalue weighted by atomic mass is 16.2. The fourth-order valence-corrected chi connectivity index (χ4v) is 2.58. The van der Waals surface area contributed by atoms with Crippen molar-refractivity contribution in [2.45, 2.75) is 6.04 Å². The molecule has 18 heavy (non-hydrogen) atoms. The van der Waals surface area contributed by atoms with E-state index in [1.165, 1.54) is 0 Å². The first-order valence-electron chi connectivity index (χ1n) is 6.06. The summed E-state index contributed by atoms with van der Waals surface area (Å²) < 4.78 is 0. The number of nitrogens with zero attached hydrogens (tertiary/aromatic N) is 1. The van der Waals surface area contributed by atoms with Crippen LogP contribution in [-0.4, -0.2) is 25.2 Å². The molecule has 1 heterocycles. The lowest BCUT2D eigenvalue weighted by atomic mass is 10.2. The number of urea groups is 1. The highest BCUT2D eigenvalue weighted by Gasteiger charge is 2.53. The van der Waals surface area contributed by atoms with Crippen molar-refractivity contribution >= 4 is 11.7 Å². The van der Waals surface area contributed by atoms with E-state index >= 15 is 0 Å². The highest BCUT2D eigenvalue weighted by Crippen LogP contribution is 2.41. The molecule has 0 aromatic heterocycles. The molecule has 0 radical (unpaired) electrons. The van der Waals surface area contributed by atoms with E-state index in [4.69, 9.17) is 5.26 Å². The minimum atomic E-state index is -0.167. The molecule has 5 nitrogen and oxygen atoms in total. The lowest BCUT2D eigenvalue weighted by molar-refractivity contribution is 0.250. The van der Waals surface area contributed by atoms with E-state index in [1.54, 1.807) is 24.3 Å². The predicted molar refractivity (Wildman–Crippen MR) is 66.9 cm³/mol. The molecule has 3 rings (SSSR count). The molecule has 1 aliphatic heterocycles. The van der Waals surface area contributed by atoms with E-state index in [1.807, 2.05) is 6.07 Å². The van der Waals surface area contributed by atoms with Crippen LogP contribution in [0.3, 0.4) is 0 Å². The van der Waals surface area contributed by atoms with Gasteiger partial charge in [-0.05, 0) is 36.1 Å². The van der Waals surface area contributed by atoms with Gasteiger partial charge >= 0.3 is 6.03 Å². The van der Waals surface area contributed by atoms with Gasteiger partial charge < -0.3 is 16.0 Å². The molecule has 0 spiro atoms. The molecule has 3 N–H and O–H groups in total. The van der Waals surface area contributed by atoms with E-state index in [9.17, 15) is 4.79 Å². The Hall–Kier alpha value is -2.06. The molecule has 2 aliphatic rings. The second-order valence-electron chi connectivity index (χ2n) is 4.80. The van der Waals surface area contributed by atoms with Crippen molar-refractivity contribution in [1.29, 1.82) is 5.26 Å². The number of carbonyl (C=O) groups is 1. The first-order valence-corrected chi connectivity index (χ1v) is 6.06. The molecular weight excluding hydrogens is 228 g/mol. The minimum absolute atomic E-state index is 0.167. The van der Waals surface area contributed by atoms with Crippen LogP contribution < -0.4 is 16.0 Å². The fraction of sp³-hybridized carbons (Fsp3) is 0.385. The Bertz CT molecular complexity index is 495. The second kappa shape index (κ2) is 4.31. The molecule has 1 aromatic carbocycles. The Balaban J connectivity index is 1.53. The Morgan fingerprint density at radius 2 is 1.94 bits per heavy atom. The molecule has 1 saturated heterocycles. The summed E-state index contributed by atoms with van der Waals surface area (Å²) in [4.78, 5) is 11.7. The number of nitrogens with one attached hydrogen (secondary N) is 3. The molecule has 1 aliphatic carbocycles. The first kappa shape index (κ1) is 11.1. The number of piperidine rings is 1. The van der Waals surface area contributed by atoms with Gasteiger partial charge in [0.15, 0.2) is 0 Å². The maximum atomic E-state index is 11.7. The quantitative estimate of drug-likeness (QED) is 0.721. The van der Waals surface area contributed by atoms with Crippen molar-refractivity contribution in [3.05, 3.63) is 29.8 Å². The lowest BCUT2D eigenvalue weighted by Crippen LogP contribution is -2.35. The van der Waals surface area contributed by atoms with Crippen LogP contribution in [0.15, 0.2) is 24.3 Å². The van der Waals surface area contributed by atoms with E-state index in [0.717, 1.165) is 13.1 Å². The second-order valence-corrected chi connectivity index (χ2v) is 4.80. The number of rotatable bonds is 2. The van der Waals surface area contributed by atoms with E-state index in [0.29, 0.717) is 29.1 Å². The van der Waals surface area contributed by atoms with Crippen LogP contribution in [0.1, 0.15) is 5.56 Å². The smallest absolute Gasteiger partial charge is 0.319 e. The molecule has 5 heteroatoms. The molecule has 2 fully saturated rings. The van der Waals surface area contributed by atoms with Gasteiger partial charge in [0, 0.05) is 24.8 Å². The van der Waals surface area contributed by atoms with Gasteiger partial charge in [-0.15, -0.1) is 0 Å². The summed E-state index contributed by atoms with van der Waals surface area (Å²) in [5.41, 5.74) is 1.29. The van der Waals surface area contributed by atoms with Gasteiger partial charge in [0.1, 0.15) is 0 Å². The Morgan fingerprint density at radius 3 is 2.56 bits per heavy atom. The van der Waals surface area contributed by atoms with Crippen molar-refractivity contribution in [2.24, 2.45) is 11.8 Å². The van der Waals surface area contributed by atoms with Gasteiger partial charge in [-0.2, -0.15) is 5.26 Å². The summed E-state index contributed by atoms with van der Waals surface area (Å²) in [6, 6.07) is 9.03. The Kier molecular flexibility index (Phi) is 2.65. The van der Waals surface area contributed by atoms with Crippen LogP contribution in [0.2, 0.25) is 0 Å². The van der Waals surface area contributed by atoms with Gasteiger partial charge in [-0.1, -0.05) is 0 Å². The summed E-state index contributed by atoms with van der Waals surface area (Å²) in [7, 11) is 0. The summed E-state index contributed by atoms with van der Waals surface area (Å²) >= 11 is 0. The maximum Gasteiger partial charge on any atom is 0.319 e. The monoisotopic (exact) mass is 242 g/mol. The van der Waals surface area contributed by atoms with E-state index in [2.05, 4.69) is 16.0 Å². The fourth-order valence-electron chi connectivity index (χ4n) is 2.58. The molecule has 2 amide bonds. The van der Waals surface area contributed by atoms with Crippen molar-refractivity contribution in [1.82, 2.24) is 10.6 Å². The van der Waals surface area contributed by atoms with Crippen molar-refractivity contribution in [2.75, 3.05) is 18.4 Å². The minimum Gasteiger partial charge on any atom is -0.334 e. The number of amides is 2. The number of hydrogen-bond acceptors (Lipinski definition) is 3. The summed E-state index contributed by atoms with van der Waals surface area (Å²) in [6.45, 7) is 2.01. The third kappa shape index (κ3) is 2.03. The topological polar surface area (TPSA) is 77.0 Å². The average Bonchev–Trinajstić information content (AvgIpc) is 2.83. The van der Waals surface area contributed by atoms with Gasteiger partial charge in [0.2, 0.25) is 0 Å². The molecule has 2 atom stereocenters. The predicted octanol–water partition coefficient (Wildman–Crippen LogP) is 0.898. The number of fused-ring (bicyclic) bond motifs is 1. The zero-order valence-corrected chi connectivity index (χ0v) is 9.81. The molecule has 0 bridgehead atoms. The molecule has 92 valence electrons. The normalized spacial score (nSPS) is 28.1. The average molecular weight is 242 g/mol. The van der Waals surface area contributed by atoms with Crippen molar-refractivity contribution in [3.8, 4) is 6.07 Å². The van der Waals surface area contributed by atoms with Crippen LogP contribution in [0.5, 0.6) is 0 Å². The van der Waals surface area contributed by atoms with Crippen molar-refractivity contribution < 1.29 is 4.79 Å². The molecule has 1 saturated carbocycles. The van der Waals surface area contributed by atoms with Crippen LogP contribution in [0, 0.1) is 23.2 Å². The zero-order valence-electron chi connectivity index (χ0n) is 9.81. The first-order chi connectivity index (χ1) is 8.78. The number of nitriles is 1. The SMILES string of the molecule is N#Cc1ccc(NC(=O)NC2C3CNCC32)cc1. The number of hydrogen-bond donors (Lipinski definition) is 3. The lowest BCUT2D eigenvalue weighted by Gasteiger charge is -2.09. The number of benzene rings is 1. The summed E-state index contributed by atoms with van der Waals surface area (Å²) in [5.74, 6) is 1.22. The van der Waals surface area contributed by atoms with E-state index in [-0.39, 0.29) is 6.03 Å².